The Balaban J connectivity index is 1.42. The minimum Gasteiger partial charge on any atom is -0.337 e. The maximum atomic E-state index is 4.05. The van der Waals surface area contributed by atoms with E-state index in [1.807, 2.05) is 30.5 Å². The Kier molecular flexibility index (Phi) is 4.20. The van der Waals surface area contributed by atoms with Gasteiger partial charge in [0.1, 0.15) is 0 Å². The quantitative estimate of drug-likeness (QED) is 0.787. The van der Waals surface area contributed by atoms with E-state index in [0.29, 0.717) is 0 Å². The molecule has 0 aliphatic heterocycles. The average Bonchev–Trinajstić information content (AvgIpc) is 3.13. The number of benzene rings is 1. The van der Waals surface area contributed by atoms with E-state index in [1.165, 1.54) is 23.3 Å². The van der Waals surface area contributed by atoms with Crippen LogP contribution in [-0.2, 0) is 13.1 Å². The highest BCUT2D eigenvalue weighted by Crippen LogP contribution is 2.21. The Bertz CT molecular complexity index is 489. The second-order valence-electron chi connectivity index (χ2n) is 4.95. The maximum absolute atomic E-state index is 4.05. The van der Waals surface area contributed by atoms with Crippen LogP contribution >= 0.6 is 11.8 Å². The van der Waals surface area contributed by atoms with Crippen LogP contribution in [0.3, 0.4) is 0 Å². The summed E-state index contributed by atoms with van der Waals surface area (Å²) in [6, 6.07) is 9.69. The first-order valence-electron chi connectivity index (χ1n) is 6.81. The van der Waals surface area contributed by atoms with E-state index in [1.54, 1.807) is 0 Å². The second kappa shape index (κ2) is 6.26. The van der Waals surface area contributed by atoms with Gasteiger partial charge in [0.25, 0.3) is 0 Å². The molecule has 0 saturated heterocycles. The Hall–Kier alpha value is -1.26. The Morgan fingerprint density at radius 3 is 2.79 bits per heavy atom. The van der Waals surface area contributed by atoms with Gasteiger partial charge in [0.2, 0.25) is 0 Å². The second-order valence-corrected chi connectivity index (χ2v) is 6.12. The number of thioether (sulfide) groups is 1. The molecule has 1 aromatic carbocycles. The lowest BCUT2D eigenvalue weighted by atomic mass is 10.2. The molecule has 0 atom stereocenters. The van der Waals surface area contributed by atoms with E-state index in [2.05, 4.69) is 39.1 Å². The minimum absolute atomic E-state index is 0.782. The van der Waals surface area contributed by atoms with E-state index in [9.17, 15) is 0 Å². The molecule has 2 aromatic rings. The van der Waals surface area contributed by atoms with Gasteiger partial charge in [0.05, 0.1) is 6.33 Å². The molecule has 1 saturated carbocycles. The topological polar surface area (TPSA) is 29.9 Å². The van der Waals surface area contributed by atoms with Gasteiger partial charge in [-0.25, -0.2) is 4.98 Å². The van der Waals surface area contributed by atoms with Gasteiger partial charge in [0.15, 0.2) is 0 Å². The number of nitrogens with one attached hydrogen (secondary N) is 1. The number of imidazole rings is 1. The van der Waals surface area contributed by atoms with Gasteiger partial charge in [-0.3, -0.25) is 0 Å². The van der Waals surface area contributed by atoms with E-state index in [0.717, 1.165) is 24.9 Å². The van der Waals surface area contributed by atoms with Gasteiger partial charge >= 0.3 is 0 Å². The van der Waals surface area contributed by atoms with Crippen LogP contribution in [0.5, 0.6) is 0 Å². The SMILES string of the molecule is c1cn(CCSc2ccc(CNC3CC3)cc2)cn1. The molecule has 1 fully saturated rings. The van der Waals surface area contributed by atoms with Crippen molar-refractivity contribution in [2.45, 2.75) is 36.9 Å². The number of rotatable bonds is 7. The molecule has 0 spiro atoms. The average molecular weight is 273 g/mol. The summed E-state index contributed by atoms with van der Waals surface area (Å²) >= 11 is 1.90. The Morgan fingerprint density at radius 1 is 1.26 bits per heavy atom. The smallest absolute Gasteiger partial charge is 0.0946 e. The van der Waals surface area contributed by atoms with Crippen molar-refractivity contribution in [1.29, 1.82) is 0 Å². The third-order valence-electron chi connectivity index (χ3n) is 3.27. The first-order valence-corrected chi connectivity index (χ1v) is 7.79. The molecular formula is C15H19N3S. The highest BCUT2D eigenvalue weighted by atomic mass is 32.2. The monoisotopic (exact) mass is 273 g/mol. The largest absolute Gasteiger partial charge is 0.337 e. The molecule has 0 radical (unpaired) electrons. The highest BCUT2D eigenvalue weighted by molar-refractivity contribution is 7.99. The lowest BCUT2D eigenvalue weighted by Gasteiger charge is -2.05. The van der Waals surface area contributed by atoms with E-state index >= 15 is 0 Å². The summed E-state index contributed by atoms with van der Waals surface area (Å²) in [7, 11) is 0. The molecule has 4 heteroatoms. The molecule has 1 N–H and O–H groups in total. The summed E-state index contributed by atoms with van der Waals surface area (Å²) in [4.78, 5) is 5.39. The fraction of sp³-hybridized carbons (Fsp3) is 0.400. The van der Waals surface area contributed by atoms with Crippen LogP contribution in [-0.4, -0.2) is 21.3 Å². The van der Waals surface area contributed by atoms with Crippen LogP contribution in [0, 0.1) is 0 Å². The predicted molar refractivity (Wildman–Crippen MR) is 79.3 cm³/mol. The molecule has 1 heterocycles. The molecule has 0 unspecified atom stereocenters. The van der Waals surface area contributed by atoms with Crippen molar-refractivity contribution in [3.05, 3.63) is 48.5 Å². The van der Waals surface area contributed by atoms with Crippen LogP contribution in [0.1, 0.15) is 18.4 Å². The van der Waals surface area contributed by atoms with E-state index in [-0.39, 0.29) is 0 Å². The van der Waals surface area contributed by atoms with Crippen LogP contribution in [0.2, 0.25) is 0 Å². The summed E-state index contributed by atoms with van der Waals surface area (Å²) in [5.74, 6) is 1.08. The zero-order chi connectivity index (χ0) is 12.9. The maximum Gasteiger partial charge on any atom is 0.0946 e. The lowest BCUT2D eigenvalue weighted by molar-refractivity contribution is 0.687. The third-order valence-corrected chi connectivity index (χ3v) is 4.27. The van der Waals surface area contributed by atoms with Gasteiger partial charge in [-0.15, -0.1) is 11.8 Å². The summed E-state index contributed by atoms with van der Waals surface area (Å²) in [6.07, 6.45) is 8.40. The first-order chi connectivity index (χ1) is 9.40. The van der Waals surface area contributed by atoms with E-state index < -0.39 is 0 Å². The van der Waals surface area contributed by atoms with Crippen molar-refractivity contribution in [3.63, 3.8) is 0 Å². The number of hydrogen-bond donors (Lipinski definition) is 1. The van der Waals surface area contributed by atoms with Crippen molar-refractivity contribution in [3.8, 4) is 0 Å². The van der Waals surface area contributed by atoms with Crippen molar-refractivity contribution in [2.75, 3.05) is 5.75 Å². The zero-order valence-electron chi connectivity index (χ0n) is 11.0. The summed E-state index contributed by atoms with van der Waals surface area (Å²) < 4.78 is 2.11. The van der Waals surface area contributed by atoms with Crippen LogP contribution < -0.4 is 5.32 Å². The predicted octanol–water partition coefficient (Wildman–Crippen LogP) is 2.93. The molecule has 1 aromatic heterocycles. The fourth-order valence-electron chi connectivity index (χ4n) is 1.94. The number of aryl methyl sites for hydroxylation is 1. The van der Waals surface area contributed by atoms with Gasteiger partial charge < -0.3 is 9.88 Å². The van der Waals surface area contributed by atoms with Gasteiger partial charge in [-0.1, -0.05) is 12.1 Å². The third kappa shape index (κ3) is 4.11. The summed E-state index contributed by atoms with van der Waals surface area (Å²) in [5.41, 5.74) is 1.38. The molecule has 1 aliphatic carbocycles. The summed E-state index contributed by atoms with van der Waals surface area (Å²) in [6.45, 7) is 2.01. The zero-order valence-corrected chi connectivity index (χ0v) is 11.8. The van der Waals surface area contributed by atoms with Gasteiger partial charge in [-0.2, -0.15) is 0 Å². The van der Waals surface area contributed by atoms with Crippen molar-refractivity contribution >= 4 is 11.8 Å². The van der Waals surface area contributed by atoms with Crippen LogP contribution in [0.4, 0.5) is 0 Å². The number of hydrogen-bond acceptors (Lipinski definition) is 3. The van der Waals surface area contributed by atoms with Gasteiger partial charge in [-0.05, 0) is 30.5 Å². The first kappa shape index (κ1) is 12.8. The molecule has 3 rings (SSSR count). The fourth-order valence-corrected chi connectivity index (χ4v) is 2.81. The standard InChI is InChI=1S/C15H19N3S/c1-5-15(19-10-9-18-8-7-16-12-18)6-2-13(1)11-17-14-3-4-14/h1-2,5-8,12,14,17H,3-4,9-11H2. The van der Waals surface area contributed by atoms with Gasteiger partial charge in [0, 0.05) is 42.2 Å². The molecule has 0 bridgehead atoms. The molecule has 19 heavy (non-hydrogen) atoms. The van der Waals surface area contributed by atoms with Crippen LogP contribution in [0.15, 0.2) is 47.9 Å². The normalized spacial score (nSPS) is 14.7. The summed E-state index contributed by atoms with van der Waals surface area (Å²) in [5, 5.41) is 3.54. The molecular weight excluding hydrogens is 254 g/mol. The number of aromatic nitrogens is 2. The van der Waals surface area contributed by atoms with Crippen molar-refractivity contribution < 1.29 is 0 Å². The Morgan fingerprint density at radius 2 is 2.11 bits per heavy atom. The molecule has 100 valence electrons. The van der Waals surface area contributed by atoms with Crippen molar-refractivity contribution in [2.24, 2.45) is 0 Å². The minimum atomic E-state index is 0.782. The highest BCUT2D eigenvalue weighted by Gasteiger charge is 2.19. The lowest BCUT2D eigenvalue weighted by Crippen LogP contribution is -2.14. The van der Waals surface area contributed by atoms with Crippen molar-refractivity contribution in [1.82, 2.24) is 14.9 Å². The Labute approximate surface area is 118 Å². The van der Waals surface area contributed by atoms with Crippen LogP contribution in [0.25, 0.3) is 0 Å². The molecule has 1 aliphatic rings. The number of nitrogens with zero attached hydrogens (tertiary/aromatic N) is 2. The van der Waals surface area contributed by atoms with E-state index in [4.69, 9.17) is 0 Å². The molecule has 3 nitrogen and oxygen atoms in total. The molecule has 0 amide bonds.